The van der Waals surface area contributed by atoms with Crippen molar-refractivity contribution in [1.29, 1.82) is 5.26 Å². The molecule has 13 heavy (non-hydrogen) atoms. The summed E-state index contributed by atoms with van der Waals surface area (Å²) < 4.78 is 1.08. The van der Waals surface area contributed by atoms with Crippen molar-refractivity contribution in [3.8, 4) is 6.07 Å². The van der Waals surface area contributed by atoms with E-state index in [1.54, 1.807) is 23.5 Å². The molecule has 0 aliphatic carbocycles. The van der Waals surface area contributed by atoms with Gasteiger partial charge < -0.3 is 5.73 Å². The minimum Gasteiger partial charge on any atom is -0.325 e. The van der Waals surface area contributed by atoms with Crippen molar-refractivity contribution in [3.63, 3.8) is 0 Å². The summed E-state index contributed by atoms with van der Waals surface area (Å²) >= 11 is 1.57. The van der Waals surface area contributed by atoms with Crippen molar-refractivity contribution in [3.05, 3.63) is 28.8 Å². The number of fused-ring (bicyclic) bond motifs is 1. The lowest BCUT2D eigenvalue weighted by Gasteiger charge is -1.86. The van der Waals surface area contributed by atoms with Gasteiger partial charge in [-0.05, 0) is 18.2 Å². The van der Waals surface area contributed by atoms with Crippen molar-refractivity contribution < 1.29 is 0 Å². The maximum atomic E-state index is 8.66. The fourth-order valence-electron chi connectivity index (χ4n) is 1.13. The molecule has 1 aromatic carbocycles. The highest BCUT2D eigenvalue weighted by molar-refractivity contribution is 7.18. The molecule has 0 saturated carbocycles. The molecule has 0 bridgehead atoms. The molecule has 0 fully saturated rings. The van der Waals surface area contributed by atoms with Crippen LogP contribution in [-0.4, -0.2) is 4.98 Å². The fraction of sp³-hybridized carbons (Fsp3) is 0.111. The summed E-state index contributed by atoms with van der Waals surface area (Å²) in [6, 6.07) is 7.56. The first-order valence-corrected chi connectivity index (χ1v) is 4.65. The van der Waals surface area contributed by atoms with Gasteiger partial charge in [-0.3, -0.25) is 0 Å². The van der Waals surface area contributed by atoms with Crippen LogP contribution in [0.5, 0.6) is 0 Å². The SMILES string of the molecule is N#Cc1ccc2sc(CN)nc2c1. The Morgan fingerprint density at radius 1 is 1.54 bits per heavy atom. The van der Waals surface area contributed by atoms with E-state index in [-0.39, 0.29) is 0 Å². The van der Waals surface area contributed by atoms with Gasteiger partial charge in [0.05, 0.1) is 21.8 Å². The van der Waals surface area contributed by atoms with Gasteiger partial charge in [0.25, 0.3) is 0 Å². The first-order valence-electron chi connectivity index (χ1n) is 3.83. The predicted octanol–water partition coefficient (Wildman–Crippen LogP) is 1.63. The number of nitrogens with two attached hydrogens (primary N) is 1. The molecular weight excluding hydrogens is 182 g/mol. The summed E-state index contributed by atoms with van der Waals surface area (Å²) in [7, 11) is 0. The Kier molecular flexibility index (Phi) is 1.97. The first kappa shape index (κ1) is 8.17. The van der Waals surface area contributed by atoms with Crippen molar-refractivity contribution in [2.45, 2.75) is 6.54 Å². The predicted molar refractivity (Wildman–Crippen MR) is 52.2 cm³/mol. The van der Waals surface area contributed by atoms with Gasteiger partial charge >= 0.3 is 0 Å². The largest absolute Gasteiger partial charge is 0.325 e. The summed E-state index contributed by atoms with van der Waals surface area (Å²) in [5.41, 5.74) is 6.97. The molecule has 2 rings (SSSR count). The van der Waals surface area contributed by atoms with E-state index in [2.05, 4.69) is 11.1 Å². The quantitative estimate of drug-likeness (QED) is 0.741. The Bertz CT molecular complexity index is 481. The zero-order valence-corrected chi connectivity index (χ0v) is 7.64. The Balaban J connectivity index is 2.65. The lowest BCUT2D eigenvalue weighted by Crippen LogP contribution is -1.93. The fourth-order valence-corrected chi connectivity index (χ4v) is 1.96. The molecule has 0 radical (unpaired) electrons. The summed E-state index contributed by atoms with van der Waals surface area (Å²) in [5.74, 6) is 0. The van der Waals surface area contributed by atoms with Gasteiger partial charge in [0.2, 0.25) is 0 Å². The van der Waals surface area contributed by atoms with E-state index in [0.29, 0.717) is 12.1 Å². The van der Waals surface area contributed by atoms with Crippen LogP contribution in [0.1, 0.15) is 10.6 Å². The molecule has 2 aromatic rings. The van der Waals surface area contributed by atoms with E-state index >= 15 is 0 Å². The standard InChI is InChI=1S/C9H7N3S/c10-4-6-1-2-8-7(3-6)12-9(5-11)13-8/h1-3H,5,11H2. The smallest absolute Gasteiger partial charge is 0.107 e. The number of thiazole rings is 1. The van der Waals surface area contributed by atoms with Crippen molar-refractivity contribution in [1.82, 2.24) is 4.98 Å². The van der Waals surface area contributed by atoms with Crippen LogP contribution in [0.2, 0.25) is 0 Å². The minimum absolute atomic E-state index is 0.460. The first-order chi connectivity index (χ1) is 6.33. The van der Waals surface area contributed by atoms with Gasteiger partial charge in [0, 0.05) is 6.54 Å². The third kappa shape index (κ3) is 1.39. The molecule has 0 atom stereocenters. The van der Waals surface area contributed by atoms with Gasteiger partial charge in [-0.1, -0.05) is 0 Å². The number of hydrogen-bond donors (Lipinski definition) is 1. The summed E-state index contributed by atoms with van der Waals surface area (Å²) in [6.45, 7) is 0.460. The van der Waals surface area contributed by atoms with E-state index in [1.807, 2.05) is 6.07 Å². The van der Waals surface area contributed by atoms with Crippen LogP contribution in [0.25, 0.3) is 10.2 Å². The highest BCUT2D eigenvalue weighted by Crippen LogP contribution is 2.22. The van der Waals surface area contributed by atoms with Crippen LogP contribution in [0, 0.1) is 11.3 Å². The monoisotopic (exact) mass is 189 g/mol. The molecule has 0 unspecified atom stereocenters. The van der Waals surface area contributed by atoms with Crippen molar-refractivity contribution in [2.24, 2.45) is 5.73 Å². The number of nitriles is 1. The van der Waals surface area contributed by atoms with E-state index in [0.717, 1.165) is 15.2 Å². The van der Waals surface area contributed by atoms with Gasteiger partial charge in [-0.2, -0.15) is 5.26 Å². The second-order valence-corrected chi connectivity index (χ2v) is 3.72. The lowest BCUT2D eigenvalue weighted by atomic mass is 10.2. The van der Waals surface area contributed by atoms with Crippen LogP contribution in [0.4, 0.5) is 0 Å². The van der Waals surface area contributed by atoms with Gasteiger partial charge in [-0.25, -0.2) is 4.98 Å². The summed E-state index contributed by atoms with van der Waals surface area (Å²) in [4.78, 5) is 4.28. The average Bonchev–Trinajstić information content (AvgIpc) is 2.58. The number of nitrogens with zero attached hydrogens (tertiary/aromatic N) is 2. The summed E-state index contributed by atoms with van der Waals surface area (Å²) in [5, 5.41) is 9.57. The van der Waals surface area contributed by atoms with Crippen LogP contribution in [0.3, 0.4) is 0 Å². The molecule has 0 aliphatic heterocycles. The van der Waals surface area contributed by atoms with E-state index in [4.69, 9.17) is 11.0 Å². The molecule has 0 aliphatic rings. The number of hydrogen-bond acceptors (Lipinski definition) is 4. The van der Waals surface area contributed by atoms with Gasteiger partial charge in [0.15, 0.2) is 0 Å². The average molecular weight is 189 g/mol. The molecule has 64 valence electrons. The molecule has 1 heterocycles. The molecule has 0 amide bonds. The third-order valence-electron chi connectivity index (χ3n) is 1.74. The van der Waals surface area contributed by atoms with Crippen LogP contribution < -0.4 is 5.73 Å². The second kappa shape index (κ2) is 3.13. The molecule has 0 spiro atoms. The van der Waals surface area contributed by atoms with Gasteiger partial charge in [-0.15, -0.1) is 11.3 Å². The summed E-state index contributed by atoms with van der Waals surface area (Å²) in [6.07, 6.45) is 0. The van der Waals surface area contributed by atoms with E-state index < -0.39 is 0 Å². The number of aromatic nitrogens is 1. The zero-order chi connectivity index (χ0) is 9.26. The van der Waals surface area contributed by atoms with Crippen LogP contribution in [-0.2, 0) is 6.54 Å². The van der Waals surface area contributed by atoms with Crippen LogP contribution >= 0.6 is 11.3 Å². The van der Waals surface area contributed by atoms with E-state index in [9.17, 15) is 0 Å². The minimum atomic E-state index is 0.460. The highest BCUT2D eigenvalue weighted by Gasteiger charge is 2.02. The Morgan fingerprint density at radius 2 is 2.38 bits per heavy atom. The lowest BCUT2D eigenvalue weighted by molar-refractivity contribution is 1.05. The Labute approximate surface area is 79.4 Å². The van der Waals surface area contributed by atoms with Crippen LogP contribution in [0.15, 0.2) is 18.2 Å². The number of benzene rings is 1. The maximum absolute atomic E-state index is 8.66. The molecule has 4 heteroatoms. The molecule has 1 aromatic heterocycles. The number of rotatable bonds is 1. The Morgan fingerprint density at radius 3 is 3.08 bits per heavy atom. The Hall–Kier alpha value is -1.44. The molecule has 2 N–H and O–H groups in total. The normalized spacial score (nSPS) is 10.2. The molecule has 0 saturated heterocycles. The molecular formula is C9H7N3S. The highest BCUT2D eigenvalue weighted by atomic mass is 32.1. The second-order valence-electron chi connectivity index (χ2n) is 2.61. The zero-order valence-electron chi connectivity index (χ0n) is 6.82. The van der Waals surface area contributed by atoms with Crippen molar-refractivity contribution >= 4 is 21.6 Å². The topological polar surface area (TPSA) is 62.7 Å². The third-order valence-corrected chi connectivity index (χ3v) is 2.79. The maximum Gasteiger partial charge on any atom is 0.107 e. The van der Waals surface area contributed by atoms with Crippen molar-refractivity contribution in [2.75, 3.05) is 0 Å². The van der Waals surface area contributed by atoms with E-state index in [1.165, 1.54) is 0 Å². The van der Waals surface area contributed by atoms with Gasteiger partial charge in [0.1, 0.15) is 5.01 Å². The molecule has 3 nitrogen and oxygen atoms in total.